The van der Waals surface area contributed by atoms with Gasteiger partial charge in [0.05, 0.1) is 7.11 Å². The number of anilines is 2. The molecule has 2 rings (SSSR count). The number of nitrogens with one attached hydrogen (secondary N) is 2. The Balaban J connectivity index is 1.78. The first-order valence-electron chi connectivity index (χ1n) is 8.07. The van der Waals surface area contributed by atoms with Crippen LogP contribution >= 0.6 is 0 Å². The monoisotopic (exact) mass is 372 g/mol. The van der Waals surface area contributed by atoms with Crippen molar-refractivity contribution in [3.05, 3.63) is 48.5 Å². The van der Waals surface area contributed by atoms with Gasteiger partial charge in [-0.05, 0) is 30.3 Å². The number of amides is 2. The minimum absolute atomic E-state index is 0.220. The Bertz CT molecular complexity index is 821. The van der Waals surface area contributed by atoms with E-state index < -0.39 is 18.5 Å². The fraction of sp³-hybridized carbons (Fsp3) is 0.211. The minimum Gasteiger partial charge on any atom is -0.493 e. The van der Waals surface area contributed by atoms with Gasteiger partial charge in [0.1, 0.15) is 0 Å². The number of hydrogen-bond donors (Lipinski definition) is 2. The summed E-state index contributed by atoms with van der Waals surface area (Å²) in [4.78, 5) is 34.7. The largest absolute Gasteiger partial charge is 0.493 e. The summed E-state index contributed by atoms with van der Waals surface area (Å²) < 4.78 is 15.3. The third-order valence-electron chi connectivity index (χ3n) is 3.25. The summed E-state index contributed by atoms with van der Waals surface area (Å²) in [5, 5.41) is 5.18. The lowest BCUT2D eigenvalue weighted by molar-refractivity contribution is -0.149. The van der Waals surface area contributed by atoms with Crippen LogP contribution in [0.15, 0.2) is 48.5 Å². The van der Waals surface area contributed by atoms with Crippen molar-refractivity contribution in [2.24, 2.45) is 0 Å². The molecule has 2 amide bonds. The molecule has 0 saturated carbocycles. The van der Waals surface area contributed by atoms with Crippen molar-refractivity contribution in [1.29, 1.82) is 0 Å². The molecule has 0 bridgehead atoms. The van der Waals surface area contributed by atoms with Crippen LogP contribution in [0.25, 0.3) is 0 Å². The van der Waals surface area contributed by atoms with E-state index in [0.717, 1.165) is 0 Å². The molecular formula is C19H20N2O6. The van der Waals surface area contributed by atoms with Crippen molar-refractivity contribution in [1.82, 2.24) is 0 Å². The molecule has 8 heteroatoms. The van der Waals surface area contributed by atoms with Gasteiger partial charge in [0.2, 0.25) is 5.91 Å². The van der Waals surface area contributed by atoms with Crippen LogP contribution in [-0.2, 0) is 19.1 Å². The van der Waals surface area contributed by atoms with Crippen LogP contribution in [0.2, 0.25) is 0 Å². The van der Waals surface area contributed by atoms with Crippen molar-refractivity contribution in [3.8, 4) is 11.5 Å². The molecule has 0 aromatic heterocycles. The molecule has 0 aliphatic heterocycles. The van der Waals surface area contributed by atoms with Gasteiger partial charge in [-0.3, -0.25) is 9.59 Å². The second-order valence-corrected chi connectivity index (χ2v) is 5.41. The van der Waals surface area contributed by atoms with E-state index in [0.29, 0.717) is 22.9 Å². The van der Waals surface area contributed by atoms with Gasteiger partial charge in [0, 0.05) is 18.3 Å². The van der Waals surface area contributed by atoms with Crippen molar-refractivity contribution < 1.29 is 28.6 Å². The number of methoxy groups -OCH3 is 1. The molecule has 0 spiro atoms. The SMILES string of the molecule is COc1ccccc1OCC(=O)OCC(=O)Nc1cccc(NC(C)=O)c1. The average molecular weight is 372 g/mol. The first-order valence-corrected chi connectivity index (χ1v) is 8.07. The Hall–Kier alpha value is -3.55. The highest BCUT2D eigenvalue weighted by Gasteiger charge is 2.11. The van der Waals surface area contributed by atoms with Crippen LogP contribution in [0.4, 0.5) is 11.4 Å². The van der Waals surface area contributed by atoms with E-state index in [1.54, 1.807) is 48.5 Å². The second-order valence-electron chi connectivity index (χ2n) is 5.41. The topological polar surface area (TPSA) is 103 Å². The van der Waals surface area contributed by atoms with Crippen LogP contribution in [0.1, 0.15) is 6.92 Å². The van der Waals surface area contributed by atoms with Gasteiger partial charge in [0.25, 0.3) is 5.91 Å². The number of ether oxygens (including phenoxy) is 3. The van der Waals surface area contributed by atoms with Crippen LogP contribution in [0, 0.1) is 0 Å². The number of hydrogen-bond acceptors (Lipinski definition) is 6. The van der Waals surface area contributed by atoms with Gasteiger partial charge < -0.3 is 24.8 Å². The Morgan fingerprint density at radius 2 is 1.56 bits per heavy atom. The lowest BCUT2D eigenvalue weighted by Gasteiger charge is -2.10. The maximum Gasteiger partial charge on any atom is 0.344 e. The summed E-state index contributed by atoms with van der Waals surface area (Å²) in [6.45, 7) is 0.571. The Labute approximate surface area is 156 Å². The molecule has 0 atom stereocenters. The molecule has 2 aromatic rings. The fourth-order valence-corrected chi connectivity index (χ4v) is 2.14. The molecule has 0 aliphatic carbocycles. The molecule has 2 N–H and O–H groups in total. The maximum atomic E-state index is 11.9. The van der Waals surface area contributed by atoms with Gasteiger partial charge in [0.15, 0.2) is 24.7 Å². The summed E-state index contributed by atoms with van der Waals surface area (Å²) in [6, 6.07) is 13.5. The molecule has 0 radical (unpaired) electrons. The van der Waals surface area contributed by atoms with Gasteiger partial charge in [-0.25, -0.2) is 4.79 Å². The number of rotatable bonds is 8. The number of esters is 1. The van der Waals surface area contributed by atoms with Crippen LogP contribution in [0.5, 0.6) is 11.5 Å². The van der Waals surface area contributed by atoms with E-state index >= 15 is 0 Å². The summed E-state index contributed by atoms with van der Waals surface area (Å²) in [7, 11) is 1.49. The highest BCUT2D eigenvalue weighted by molar-refractivity contribution is 5.94. The third kappa shape index (κ3) is 6.69. The third-order valence-corrected chi connectivity index (χ3v) is 3.25. The molecule has 27 heavy (non-hydrogen) atoms. The zero-order valence-electron chi connectivity index (χ0n) is 15.0. The van der Waals surface area contributed by atoms with Crippen LogP contribution < -0.4 is 20.1 Å². The molecule has 142 valence electrons. The molecule has 0 fully saturated rings. The number of carbonyl (C=O) groups excluding carboxylic acids is 3. The summed E-state index contributed by atoms with van der Waals surface area (Å²) in [6.07, 6.45) is 0. The zero-order valence-corrected chi connectivity index (χ0v) is 15.0. The Morgan fingerprint density at radius 3 is 2.22 bits per heavy atom. The number of carbonyl (C=O) groups is 3. The van der Waals surface area contributed by atoms with E-state index in [1.165, 1.54) is 14.0 Å². The predicted molar refractivity (Wildman–Crippen MR) is 98.8 cm³/mol. The first-order chi connectivity index (χ1) is 13.0. The molecule has 0 heterocycles. The van der Waals surface area contributed by atoms with Gasteiger partial charge in [-0.1, -0.05) is 18.2 Å². The first kappa shape index (κ1) is 19.8. The van der Waals surface area contributed by atoms with Gasteiger partial charge in [-0.15, -0.1) is 0 Å². The average Bonchev–Trinajstić information content (AvgIpc) is 2.64. The molecule has 0 saturated heterocycles. The zero-order chi connectivity index (χ0) is 19.6. The smallest absolute Gasteiger partial charge is 0.344 e. The van der Waals surface area contributed by atoms with Gasteiger partial charge >= 0.3 is 5.97 Å². The fourth-order valence-electron chi connectivity index (χ4n) is 2.14. The van der Waals surface area contributed by atoms with E-state index in [2.05, 4.69) is 10.6 Å². The van der Waals surface area contributed by atoms with E-state index in [-0.39, 0.29) is 12.5 Å². The highest BCUT2D eigenvalue weighted by atomic mass is 16.6. The quantitative estimate of drug-likeness (QED) is 0.689. The maximum absolute atomic E-state index is 11.9. The lowest BCUT2D eigenvalue weighted by atomic mass is 10.2. The highest BCUT2D eigenvalue weighted by Crippen LogP contribution is 2.25. The lowest BCUT2D eigenvalue weighted by Crippen LogP contribution is -2.23. The molecule has 0 unspecified atom stereocenters. The molecular weight excluding hydrogens is 352 g/mol. The summed E-state index contributed by atoms with van der Waals surface area (Å²) >= 11 is 0. The summed E-state index contributed by atoms with van der Waals surface area (Å²) in [5.41, 5.74) is 1.01. The Kier molecular flexibility index (Phi) is 7.18. The van der Waals surface area contributed by atoms with E-state index in [1.807, 2.05) is 0 Å². The molecule has 2 aromatic carbocycles. The van der Waals surface area contributed by atoms with Crippen molar-refractivity contribution in [2.75, 3.05) is 31.0 Å². The van der Waals surface area contributed by atoms with Crippen LogP contribution in [-0.4, -0.2) is 38.1 Å². The number of para-hydroxylation sites is 2. The minimum atomic E-state index is -0.692. The standard InChI is InChI=1S/C19H20N2O6/c1-13(22)20-14-6-5-7-15(10-14)21-18(23)11-27-19(24)12-26-17-9-4-3-8-16(17)25-2/h3-10H,11-12H2,1-2H3,(H,20,22)(H,21,23). The van der Waals surface area contributed by atoms with Crippen molar-refractivity contribution in [2.45, 2.75) is 6.92 Å². The molecule has 8 nitrogen and oxygen atoms in total. The van der Waals surface area contributed by atoms with E-state index in [9.17, 15) is 14.4 Å². The van der Waals surface area contributed by atoms with Gasteiger partial charge in [-0.2, -0.15) is 0 Å². The summed E-state index contributed by atoms with van der Waals surface area (Å²) in [5.74, 6) is -0.538. The van der Waals surface area contributed by atoms with E-state index in [4.69, 9.17) is 14.2 Å². The van der Waals surface area contributed by atoms with Crippen molar-refractivity contribution >= 4 is 29.2 Å². The van der Waals surface area contributed by atoms with Crippen LogP contribution in [0.3, 0.4) is 0 Å². The second kappa shape index (κ2) is 9.81. The van der Waals surface area contributed by atoms with Crippen molar-refractivity contribution in [3.63, 3.8) is 0 Å². The Morgan fingerprint density at radius 1 is 0.889 bits per heavy atom. The predicted octanol–water partition coefficient (Wildman–Crippen LogP) is 2.21. The normalized spacial score (nSPS) is 9.85. The molecule has 0 aliphatic rings. The number of benzene rings is 2.